The van der Waals surface area contributed by atoms with Crippen molar-refractivity contribution in [2.75, 3.05) is 13.2 Å². The summed E-state index contributed by atoms with van der Waals surface area (Å²) < 4.78 is 10.7. The number of ether oxygens (including phenoxy) is 2. The third-order valence-electron chi connectivity index (χ3n) is 3.37. The normalized spacial score (nSPS) is 24.1. The van der Waals surface area contributed by atoms with Crippen LogP contribution in [0.4, 0.5) is 0 Å². The summed E-state index contributed by atoms with van der Waals surface area (Å²) >= 11 is 0. The van der Waals surface area contributed by atoms with E-state index < -0.39 is 0 Å². The molecule has 1 aliphatic carbocycles. The van der Waals surface area contributed by atoms with Crippen LogP contribution in [0, 0.1) is 5.41 Å². The summed E-state index contributed by atoms with van der Waals surface area (Å²) in [5.74, 6) is 0.292. The third-order valence-corrected chi connectivity index (χ3v) is 3.37. The molecule has 0 aromatic rings. The molecule has 0 bridgehead atoms. The van der Waals surface area contributed by atoms with E-state index in [9.17, 15) is 4.79 Å². The van der Waals surface area contributed by atoms with Crippen molar-refractivity contribution in [1.29, 1.82) is 0 Å². The molecule has 1 aliphatic heterocycles. The Labute approximate surface area is 96.8 Å². The van der Waals surface area contributed by atoms with Gasteiger partial charge in [0.2, 0.25) is 0 Å². The van der Waals surface area contributed by atoms with Crippen molar-refractivity contribution < 1.29 is 14.3 Å². The number of rotatable bonds is 6. The van der Waals surface area contributed by atoms with Crippen LogP contribution in [0.5, 0.6) is 0 Å². The molecule has 1 saturated carbocycles. The van der Waals surface area contributed by atoms with Gasteiger partial charge in [-0.2, -0.15) is 0 Å². The number of ketones is 1. The largest absolute Gasteiger partial charge is 0.350 e. The Morgan fingerprint density at radius 3 is 2.69 bits per heavy atom. The molecule has 1 heterocycles. The summed E-state index contributed by atoms with van der Waals surface area (Å²) in [6.45, 7) is 3.48. The van der Waals surface area contributed by atoms with E-state index in [2.05, 4.69) is 0 Å². The molecule has 1 saturated heterocycles. The van der Waals surface area contributed by atoms with Gasteiger partial charge in [0, 0.05) is 5.41 Å². The molecule has 0 unspecified atom stereocenters. The second kappa shape index (κ2) is 5.11. The van der Waals surface area contributed by atoms with Crippen LogP contribution in [-0.4, -0.2) is 25.3 Å². The van der Waals surface area contributed by atoms with Gasteiger partial charge in [-0.15, -0.1) is 0 Å². The summed E-state index contributed by atoms with van der Waals surface area (Å²) in [5.41, 5.74) is -0.0197. The van der Waals surface area contributed by atoms with Crippen molar-refractivity contribution in [3.05, 3.63) is 12.2 Å². The molecule has 90 valence electrons. The van der Waals surface area contributed by atoms with Crippen molar-refractivity contribution in [3.8, 4) is 0 Å². The van der Waals surface area contributed by atoms with Gasteiger partial charge in [0.25, 0.3) is 0 Å². The topological polar surface area (TPSA) is 35.5 Å². The SMILES string of the molecule is CC1(C(=O)/C=C/CCCC2OCCO2)CC1. The lowest BCUT2D eigenvalue weighted by molar-refractivity contribution is -0.118. The zero-order chi connectivity index (χ0) is 11.4. The highest BCUT2D eigenvalue weighted by Gasteiger charge is 2.42. The minimum Gasteiger partial charge on any atom is -0.350 e. The highest BCUT2D eigenvalue weighted by molar-refractivity contribution is 5.96. The Morgan fingerprint density at radius 1 is 1.38 bits per heavy atom. The van der Waals surface area contributed by atoms with Gasteiger partial charge in [-0.25, -0.2) is 0 Å². The fourth-order valence-corrected chi connectivity index (χ4v) is 1.80. The minimum absolute atomic E-state index is 0.00921. The van der Waals surface area contributed by atoms with Gasteiger partial charge in [0.05, 0.1) is 13.2 Å². The van der Waals surface area contributed by atoms with Crippen LogP contribution in [0.1, 0.15) is 39.0 Å². The Kier molecular flexibility index (Phi) is 3.77. The van der Waals surface area contributed by atoms with Crippen LogP contribution < -0.4 is 0 Å². The number of carbonyl (C=O) groups excluding carboxylic acids is 1. The number of hydrogen-bond donors (Lipinski definition) is 0. The lowest BCUT2D eigenvalue weighted by atomic mass is 10.0. The molecule has 16 heavy (non-hydrogen) atoms. The highest BCUT2D eigenvalue weighted by Crippen LogP contribution is 2.46. The standard InChI is InChI=1S/C13H20O3/c1-13(7-8-13)11(14)5-3-2-4-6-12-15-9-10-16-12/h3,5,12H,2,4,6-10H2,1H3/b5-3+. The van der Waals surface area contributed by atoms with Gasteiger partial charge < -0.3 is 9.47 Å². The van der Waals surface area contributed by atoms with Gasteiger partial charge >= 0.3 is 0 Å². The summed E-state index contributed by atoms with van der Waals surface area (Å²) in [6.07, 6.45) is 8.72. The van der Waals surface area contributed by atoms with E-state index in [0.29, 0.717) is 5.78 Å². The highest BCUT2D eigenvalue weighted by atomic mass is 16.7. The predicted molar refractivity (Wildman–Crippen MR) is 61.0 cm³/mol. The molecule has 0 spiro atoms. The quantitative estimate of drug-likeness (QED) is 0.513. The van der Waals surface area contributed by atoms with E-state index in [1.54, 1.807) is 6.08 Å². The average Bonchev–Trinajstić information content (AvgIpc) is 2.81. The molecule has 2 rings (SSSR count). The first-order chi connectivity index (χ1) is 7.71. The molecule has 0 aromatic carbocycles. The Balaban J connectivity index is 1.56. The van der Waals surface area contributed by atoms with E-state index >= 15 is 0 Å². The van der Waals surface area contributed by atoms with Gasteiger partial charge in [-0.05, 0) is 38.2 Å². The van der Waals surface area contributed by atoms with Crippen LogP contribution in [0.15, 0.2) is 12.2 Å². The van der Waals surface area contributed by atoms with E-state index in [1.165, 1.54) is 0 Å². The first-order valence-electron chi connectivity index (χ1n) is 6.15. The molecule has 0 N–H and O–H groups in total. The zero-order valence-corrected chi connectivity index (χ0v) is 9.91. The van der Waals surface area contributed by atoms with Crippen LogP contribution in [0.2, 0.25) is 0 Å². The second-order valence-corrected chi connectivity index (χ2v) is 4.93. The number of carbonyl (C=O) groups is 1. The molecule has 0 atom stereocenters. The maximum atomic E-state index is 11.6. The lowest BCUT2D eigenvalue weighted by Crippen LogP contribution is -2.08. The first-order valence-corrected chi connectivity index (χ1v) is 6.15. The smallest absolute Gasteiger partial charge is 0.161 e. The molecule has 2 fully saturated rings. The summed E-state index contributed by atoms with van der Waals surface area (Å²) in [6, 6.07) is 0. The number of unbranched alkanes of at least 4 members (excludes halogenated alkanes) is 1. The molecule has 0 aromatic heterocycles. The van der Waals surface area contributed by atoms with E-state index in [-0.39, 0.29) is 11.7 Å². The first kappa shape index (κ1) is 11.8. The van der Waals surface area contributed by atoms with Crippen molar-refractivity contribution in [3.63, 3.8) is 0 Å². The summed E-state index contributed by atoms with van der Waals surface area (Å²) in [7, 11) is 0. The summed E-state index contributed by atoms with van der Waals surface area (Å²) in [5, 5.41) is 0. The molecule has 3 nitrogen and oxygen atoms in total. The number of allylic oxidation sites excluding steroid dienone is 2. The second-order valence-electron chi connectivity index (χ2n) is 4.93. The van der Waals surface area contributed by atoms with E-state index in [1.807, 2.05) is 13.0 Å². The van der Waals surface area contributed by atoms with Gasteiger partial charge in [0.1, 0.15) is 0 Å². The maximum Gasteiger partial charge on any atom is 0.161 e. The maximum absolute atomic E-state index is 11.6. The molecule has 0 amide bonds. The van der Waals surface area contributed by atoms with E-state index in [4.69, 9.17) is 9.47 Å². The van der Waals surface area contributed by atoms with Crippen molar-refractivity contribution in [2.24, 2.45) is 5.41 Å². The summed E-state index contributed by atoms with van der Waals surface area (Å²) in [4.78, 5) is 11.6. The molecular weight excluding hydrogens is 204 g/mol. The molecule has 0 radical (unpaired) electrons. The van der Waals surface area contributed by atoms with Crippen LogP contribution in [-0.2, 0) is 14.3 Å². The predicted octanol–water partition coefficient (Wildman–Crippen LogP) is 2.46. The molecule has 3 heteroatoms. The Hall–Kier alpha value is -0.670. The van der Waals surface area contributed by atoms with Crippen LogP contribution >= 0.6 is 0 Å². The number of hydrogen-bond acceptors (Lipinski definition) is 3. The zero-order valence-electron chi connectivity index (χ0n) is 9.91. The molecular formula is C13H20O3. The third kappa shape index (κ3) is 3.16. The lowest BCUT2D eigenvalue weighted by Gasteiger charge is -2.06. The Bertz CT molecular complexity index is 273. The monoisotopic (exact) mass is 224 g/mol. The van der Waals surface area contributed by atoms with Crippen LogP contribution in [0.3, 0.4) is 0 Å². The van der Waals surface area contributed by atoms with Crippen molar-refractivity contribution >= 4 is 5.78 Å². The average molecular weight is 224 g/mol. The van der Waals surface area contributed by atoms with Crippen molar-refractivity contribution in [1.82, 2.24) is 0 Å². The molecule has 2 aliphatic rings. The van der Waals surface area contributed by atoms with Crippen molar-refractivity contribution in [2.45, 2.75) is 45.3 Å². The fourth-order valence-electron chi connectivity index (χ4n) is 1.80. The van der Waals surface area contributed by atoms with Crippen LogP contribution in [0.25, 0.3) is 0 Å². The minimum atomic E-state index is -0.0197. The van der Waals surface area contributed by atoms with E-state index in [0.717, 1.165) is 45.3 Å². The van der Waals surface area contributed by atoms with Gasteiger partial charge in [0.15, 0.2) is 12.1 Å². The van der Waals surface area contributed by atoms with Gasteiger partial charge in [-0.3, -0.25) is 4.79 Å². The van der Waals surface area contributed by atoms with Gasteiger partial charge in [-0.1, -0.05) is 13.0 Å². The Morgan fingerprint density at radius 2 is 2.06 bits per heavy atom. The fraction of sp³-hybridized carbons (Fsp3) is 0.769.